The zero-order valence-electron chi connectivity index (χ0n) is 10.3. The normalized spacial score (nSPS) is 16.7. The Morgan fingerprint density at radius 2 is 2.11 bits per heavy atom. The number of ether oxygens (including phenoxy) is 1. The molecule has 0 spiro atoms. The third kappa shape index (κ3) is 2.28. The summed E-state index contributed by atoms with van der Waals surface area (Å²) >= 11 is 0. The van der Waals surface area contributed by atoms with Crippen LogP contribution in [0.15, 0.2) is 18.2 Å². The van der Waals surface area contributed by atoms with E-state index in [2.05, 4.69) is 15.5 Å². The zero-order valence-corrected chi connectivity index (χ0v) is 10.3. The molecule has 6 nitrogen and oxygen atoms in total. The number of hydrogen-bond acceptors (Lipinski definition) is 5. The predicted octanol–water partition coefficient (Wildman–Crippen LogP) is 1.41. The SMILES string of the molecule is Nc1cc(-c2nnnn2C2CCOCC2)ccc1F. The molecule has 1 fully saturated rings. The molecule has 0 saturated carbocycles. The lowest BCUT2D eigenvalue weighted by atomic mass is 10.1. The second-order valence-electron chi connectivity index (χ2n) is 4.53. The largest absolute Gasteiger partial charge is 0.396 e. The van der Waals surface area contributed by atoms with Crippen LogP contribution >= 0.6 is 0 Å². The van der Waals surface area contributed by atoms with E-state index >= 15 is 0 Å². The van der Waals surface area contributed by atoms with Crippen LogP contribution in [0.2, 0.25) is 0 Å². The van der Waals surface area contributed by atoms with E-state index in [0.717, 1.165) is 18.4 Å². The highest BCUT2D eigenvalue weighted by atomic mass is 19.1. The molecule has 0 aliphatic carbocycles. The number of hydrogen-bond donors (Lipinski definition) is 1. The molecule has 2 N–H and O–H groups in total. The molecule has 2 heterocycles. The maximum atomic E-state index is 13.2. The highest BCUT2D eigenvalue weighted by molar-refractivity contribution is 5.61. The summed E-state index contributed by atoms with van der Waals surface area (Å²) in [4.78, 5) is 0. The van der Waals surface area contributed by atoms with Crippen molar-refractivity contribution < 1.29 is 9.13 Å². The highest BCUT2D eigenvalue weighted by Gasteiger charge is 2.21. The first kappa shape index (κ1) is 12.0. The van der Waals surface area contributed by atoms with Crippen molar-refractivity contribution in [1.82, 2.24) is 20.2 Å². The van der Waals surface area contributed by atoms with Crippen LogP contribution in [0.4, 0.5) is 10.1 Å². The molecule has 100 valence electrons. The van der Waals surface area contributed by atoms with Crippen molar-refractivity contribution in [2.24, 2.45) is 0 Å². The molecule has 1 aliphatic rings. The van der Waals surface area contributed by atoms with Gasteiger partial charge in [-0.3, -0.25) is 0 Å². The van der Waals surface area contributed by atoms with Gasteiger partial charge in [-0.15, -0.1) is 5.10 Å². The van der Waals surface area contributed by atoms with Crippen LogP contribution in [0.3, 0.4) is 0 Å². The van der Waals surface area contributed by atoms with Gasteiger partial charge in [0.1, 0.15) is 5.82 Å². The van der Waals surface area contributed by atoms with Gasteiger partial charge in [-0.05, 0) is 41.5 Å². The summed E-state index contributed by atoms with van der Waals surface area (Å²) in [6, 6.07) is 4.72. The third-order valence-electron chi connectivity index (χ3n) is 3.28. The molecule has 0 bridgehead atoms. The fraction of sp³-hybridized carbons (Fsp3) is 0.417. The minimum absolute atomic E-state index is 0.0963. The summed E-state index contributed by atoms with van der Waals surface area (Å²) in [6.45, 7) is 1.41. The number of anilines is 1. The molecule has 3 rings (SSSR count). The first-order valence-electron chi connectivity index (χ1n) is 6.16. The summed E-state index contributed by atoms with van der Waals surface area (Å²) < 4.78 is 20.3. The van der Waals surface area contributed by atoms with E-state index in [9.17, 15) is 4.39 Å². The molecule has 1 aromatic carbocycles. The van der Waals surface area contributed by atoms with Crippen molar-refractivity contribution in [2.75, 3.05) is 18.9 Å². The zero-order chi connectivity index (χ0) is 13.2. The van der Waals surface area contributed by atoms with Crippen molar-refractivity contribution in [1.29, 1.82) is 0 Å². The first-order chi connectivity index (χ1) is 9.25. The Morgan fingerprint density at radius 1 is 1.32 bits per heavy atom. The summed E-state index contributed by atoms with van der Waals surface area (Å²) in [5.41, 5.74) is 6.40. The van der Waals surface area contributed by atoms with Gasteiger partial charge in [-0.1, -0.05) is 0 Å². The Labute approximate surface area is 109 Å². The van der Waals surface area contributed by atoms with E-state index in [1.165, 1.54) is 6.07 Å². The second-order valence-corrected chi connectivity index (χ2v) is 4.53. The molecule has 0 atom stereocenters. The van der Waals surface area contributed by atoms with Gasteiger partial charge >= 0.3 is 0 Å². The standard InChI is InChI=1S/C12H14FN5O/c13-10-2-1-8(7-11(10)14)12-15-16-17-18(12)9-3-5-19-6-4-9/h1-2,7,9H,3-6,14H2. The topological polar surface area (TPSA) is 78.9 Å². The molecule has 2 aromatic rings. The number of nitrogens with two attached hydrogens (primary N) is 1. The minimum Gasteiger partial charge on any atom is -0.396 e. The van der Waals surface area contributed by atoms with Crippen LogP contribution in [-0.4, -0.2) is 33.4 Å². The number of benzene rings is 1. The molecule has 1 aromatic heterocycles. The van der Waals surface area contributed by atoms with Gasteiger partial charge in [-0.2, -0.15) is 0 Å². The van der Waals surface area contributed by atoms with Crippen molar-refractivity contribution >= 4 is 5.69 Å². The van der Waals surface area contributed by atoms with E-state index in [-0.39, 0.29) is 11.7 Å². The summed E-state index contributed by atoms with van der Waals surface area (Å²) in [6.07, 6.45) is 1.74. The summed E-state index contributed by atoms with van der Waals surface area (Å²) in [7, 11) is 0. The Hall–Kier alpha value is -2.02. The number of rotatable bonds is 2. The van der Waals surface area contributed by atoms with Crippen molar-refractivity contribution in [3.8, 4) is 11.4 Å². The molecule has 19 heavy (non-hydrogen) atoms. The Balaban J connectivity index is 1.96. The average molecular weight is 263 g/mol. The number of halogens is 1. The number of tetrazole rings is 1. The third-order valence-corrected chi connectivity index (χ3v) is 3.28. The minimum atomic E-state index is -0.436. The van der Waals surface area contributed by atoms with Crippen molar-refractivity contribution in [3.63, 3.8) is 0 Å². The molecule has 0 amide bonds. The van der Waals surface area contributed by atoms with Crippen LogP contribution in [0, 0.1) is 5.82 Å². The number of aromatic nitrogens is 4. The van der Waals surface area contributed by atoms with Gasteiger partial charge in [0.2, 0.25) is 0 Å². The van der Waals surface area contributed by atoms with E-state index < -0.39 is 5.82 Å². The number of nitrogens with zero attached hydrogens (tertiary/aromatic N) is 4. The maximum Gasteiger partial charge on any atom is 0.182 e. The van der Waals surface area contributed by atoms with Crippen LogP contribution < -0.4 is 5.73 Å². The lowest BCUT2D eigenvalue weighted by Gasteiger charge is -2.22. The van der Waals surface area contributed by atoms with Gasteiger partial charge in [0.05, 0.1) is 11.7 Å². The van der Waals surface area contributed by atoms with Gasteiger partial charge in [-0.25, -0.2) is 9.07 Å². The molecule has 1 aliphatic heterocycles. The smallest absolute Gasteiger partial charge is 0.182 e. The van der Waals surface area contributed by atoms with Crippen LogP contribution in [0.1, 0.15) is 18.9 Å². The fourth-order valence-corrected chi connectivity index (χ4v) is 2.24. The van der Waals surface area contributed by atoms with Gasteiger partial charge in [0.15, 0.2) is 5.82 Å². The average Bonchev–Trinajstić information content (AvgIpc) is 2.92. The Morgan fingerprint density at radius 3 is 2.84 bits per heavy atom. The molecule has 1 saturated heterocycles. The molecule has 0 radical (unpaired) electrons. The predicted molar refractivity (Wildman–Crippen MR) is 66.7 cm³/mol. The van der Waals surface area contributed by atoms with Crippen LogP contribution in [0.5, 0.6) is 0 Å². The molecule has 7 heteroatoms. The fourth-order valence-electron chi connectivity index (χ4n) is 2.24. The van der Waals surface area contributed by atoms with E-state index in [0.29, 0.717) is 19.0 Å². The van der Waals surface area contributed by atoms with Crippen molar-refractivity contribution in [3.05, 3.63) is 24.0 Å². The van der Waals surface area contributed by atoms with Gasteiger partial charge in [0.25, 0.3) is 0 Å². The van der Waals surface area contributed by atoms with Gasteiger partial charge < -0.3 is 10.5 Å². The van der Waals surface area contributed by atoms with E-state index in [1.807, 2.05) is 0 Å². The van der Waals surface area contributed by atoms with Crippen molar-refractivity contribution in [2.45, 2.75) is 18.9 Å². The molecule has 0 unspecified atom stereocenters. The monoisotopic (exact) mass is 263 g/mol. The van der Waals surface area contributed by atoms with Crippen LogP contribution in [-0.2, 0) is 4.74 Å². The van der Waals surface area contributed by atoms with Crippen LogP contribution in [0.25, 0.3) is 11.4 Å². The Kier molecular flexibility index (Phi) is 3.12. The Bertz CT molecular complexity index is 579. The summed E-state index contributed by atoms with van der Waals surface area (Å²) in [5, 5.41) is 11.8. The first-order valence-corrected chi connectivity index (χ1v) is 6.16. The van der Waals surface area contributed by atoms with Gasteiger partial charge in [0, 0.05) is 18.8 Å². The second kappa shape index (κ2) is 4.93. The lowest BCUT2D eigenvalue weighted by molar-refractivity contribution is 0.0662. The lowest BCUT2D eigenvalue weighted by Crippen LogP contribution is -2.21. The molecular weight excluding hydrogens is 249 g/mol. The highest BCUT2D eigenvalue weighted by Crippen LogP contribution is 2.27. The van der Waals surface area contributed by atoms with E-state index in [4.69, 9.17) is 10.5 Å². The molecular formula is C12H14FN5O. The maximum absolute atomic E-state index is 13.2. The quantitative estimate of drug-likeness (QED) is 0.829. The van der Waals surface area contributed by atoms with E-state index in [1.54, 1.807) is 16.8 Å². The summed E-state index contributed by atoms with van der Waals surface area (Å²) in [5.74, 6) is 0.174. The number of nitrogen functional groups attached to an aromatic ring is 1.